The second-order valence-electron chi connectivity index (χ2n) is 7.67. The predicted octanol–water partition coefficient (Wildman–Crippen LogP) is 5.00. The van der Waals surface area contributed by atoms with Crippen molar-refractivity contribution in [2.75, 3.05) is 31.2 Å². The summed E-state index contributed by atoms with van der Waals surface area (Å²) in [6.07, 6.45) is 0.00237. The van der Waals surface area contributed by atoms with E-state index in [4.69, 9.17) is 23.2 Å². The number of oxazole rings is 1. The minimum absolute atomic E-state index is 0.00118. The third-order valence-electron chi connectivity index (χ3n) is 5.18. The number of hydrogen-bond acceptors (Lipinski definition) is 7. The minimum atomic E-state index is -3.66. The molecule has 2 aromatic carbocycles. The van der Waals surface area contributed by atoms with Crippen LogP contribution in [0.1, 0.15) is 27.7 Å². The Bertz CT molecular complexity index is 1070. The molecule has 0 unspecified atom stereocenters. The van der Waals surface area contributed by atoms with Crippen LogP contribution in [0.4, 0.5) is 5.88 Å². The molecule has 0 amide bonds. The van der Waals surface area contributed by atoms with Gasteiger partial charge in [-0.05, 0) is 44.5 Å². The summed E-state index contributed by atoms with van der Waals surface area (Å²) in [5.74, 6) is 0.823. The normalized spacial score (nSPS) is 19.8. The van der Waals surface area contributed by atoms with Gasteiger partial charge in [-0.3, -0.25) is 4.57 Å². The van der Waals surface area contributed by atoms with Crippen LogP contribution in [0.2, 0.25) is 0 Å². The molecule has 0 saturated carbocycles. The van der Waals surface area contributed by atoms with Gasteiger partial charge in [-0.1, -0.05) is 36.4 Å². The Morgan fingerprint density at radius 3 is 2.35 bits per heavy atom. The van der Waals surface area contributed by atoms with Crippen molar-refractivity contribution in [1.29, 1.82) is 0 Å². The molecule has 3 aromatic rings. The number of nitrogens with zero attached hydrogens (tertiary/aromatic N) is 2. The maximum Gasteiger partial charge on any atom is 0.385 e. The van der Waals surface area contributed by atoms with E-state index in [-0.39, 0.29) is 30.9 Å². The quantitative estimate of drug-likeness (QED) is 0.475. The molecule has 1 aromatic heterocycles. The largest absolute Gasteiger partial charge is 0.419 e. The Hall–Kier alpha value is -2.18. The molecule has 0 bridgehead atoms. The second-order valence-corrected chi connectivity index (χ2v) is 9.60. The van der Waals surface area contributed by atoms with Crippen LogP contribution in [0, 0.1) is 0 Å². The van der Waals surface area contributed by atoms with E-state index in [9.17, 15) is 4.57 Å². The van der Waals surface area contributed by atoms with E-state index in [1.807, 2.05) is 61.2 Å². The van der Waals surface area contributed by atoms with Crippen LogP contribution < -0.4 is 10.3 Å². The van der Waals surface area contributed by atoms with Gasteiger partial charge in [0, 0.05) is 18.7 Å². The summed E-state index contributed by atoms with van der Waals surface area (Å²) >= 11 is 0. The molecule has 1 fully saturated rings. The van der Waals surface area contributed by atoms with Crippen LogP contribution in [0.25, 0.3) is 22.2 Å². The van der Waals surface area contributed by atoms with E-state index >= 15 is 0 Å². The standard InChI is InChI=1S/C23H29N2O5P/c1-5-27-31(26,28-6-2)22-23(25-14-16(3)29-17(4)15-25)30-21(24-22)20-13-9-11-18-10-7-8-12-19(18)20/h7-13,16-17H,5-6,14-15H2,1-4H3/t16-,17-/m1/s1. The fourth-order valence-corrected chi connectivity index (χ4v) is 5.69. The molecule has 0 spiro atoms. The van der Waals surface area contributed by atoms with Crippen LogP contribution in [-0.4, -0.2) is 43.5 Å². The lowest BCUT2D eigenvalue weighted by atomic mass is 10.0. The topological polar surface area (TPSA) is 74.0 Å². The van der Waals surface area contributed by atoms with Gasteiger partial charge >= 0.3 is 7.60 Å². The number of fused-ring (bicyclic) bond motifs is 1. The Labute approximate surface area is 182 Å². The summed E-state index contributed by atoms with van der Waals surface area (Å²) in [5.41, 5.74) is 1.06. The molecule has 0 aliphatic carbocycles. The van der Waals surface area contributed by atoms with E-state index in [1.54, 1.807) is 13.8 Å². The molecule has 166 valence electrons. The average molecular weight is 444 g/mol. The summed E-state index contributed by atoms with van der Waals surface area (Å²) in [6.45, 7) is 9.27. The average Bonchev–Trinajstić information content (AvgIpc) is 3.19. The van der Waals surface area contributed by atoms with E-state index in [0.29, 0.717) is 24.9 Å². The Balaban J connectivity index is 1.88. The van der Waals surface area contributed by atoms with Crippen molar-refractivity contribution in [2.24, 2.45) is 0 Å². The molecule has 1 saturated heterocycles. The first-order chi connectivity index (χ1) is 14.9. The first-order valence-corrected chi connectivity index (χ1v) is 12.3. The summed E-state index contributed by atoms with van der Waals surface area (Å²) in [4.78, 5) is 6.73. The van der Waals surface area contributed by atoms with E-state index in [2.05, 4.69) is 0 Å². The highest BCUT2D eigenvalue weighted by molar-refractivity contribution is 7.62. The van der Waals surface area contributed by atoms with Crippen molar-refractivity contribution in [3.05, 3.63) is 42.5 Å². The van der Waals surface area contributed by atoms with Gasteiger partial charge in [-0.25, -0.2) is 0 Å². The lowest BCUT2D eigenvalue weighted by molar-refractivity contribution is -0.00632. The highest BCUT2D eigenvalue weighted by atomic mass is 31.2. The molecule has 8 heteroatoms. The van der Waals surface area contributed by atoms with Crippen molar-refractivity contribution < 1.29 is 22.8 Å². The first kappa shape index (κ1) is 22.0. The molecule has 31 heavy (non-hydrogen) atoms. The maximum atomic E-state index is 13.7. The van der Waals surface area contributed by atoms with Gasteiger partial charge in [-0.2, -0.15) is 4.98 Å². The molecule has 2 heterocycles. The van der Waals surface area contributed by atoms with Crippen LogP contribution in [0.5, 0.6) is 0 Å². The fraction of sp³-hybridized carbons (Fsp3) is 0.435. The summed E-state index contributed by atoms with van der Waals surface area (Å²) < 4.78 is 37.2. The minimum Gasteiger partial charge on any atom is -0.419 e. The number of anilines is 1. The number of ether oxygens (including phenoxy) is 1. The van der Waals surface area contributed by atoms with Gasteiger partial charge < -0.3 is 23.1 Å². The highest BCUT2D eigenvalue weighted by Crippen LogP contribution is 2.50. The molecule has 7 nitrogen and oxygen atoms in total. The molecule has 4 rings (SSSR count). The third-order valence-corrected chi connectivity index (χ3v) is 7.18. The smallest absolute Gasteiger partial charge is 0.385 e. The molecule has 0 N–H and O–H groups in total. The summed E-state index contributed by atoms with van der Waals surface area (Å²) in [5, 5.41) is 2.09. The number of morpholine rings is 1. The number of hydrogen-bond donors (Lipinski definition) is 0. The Kier molecular flexibility index (Phi) is 6.49. The van der Waals surface area contributed by atoms with E-state index in [1.165, 1.54) is 0 Å². The molecular formula is C23H29N2O5P. The van der Waals surface area contributed by atoms with Crippen LogP contribution in [0.3, 0.4) is 0 Å². The van der Waals surface area contributed by atoms with Crippen molar-refractivity contribution in [3.63, 3.8) is 0 Å². The second kappa shape index (κ2) is 9.13. The number of aromatic nitrogens is 1. The fourth-order valence-electron chi connectivity index (χ4n) is 4.06. The Morgan fingerprint density at radius 1 is 1.03 bits per heavy atom. The van der Waals surface area contributed by atoms with E-state index < -0.39 is 7.60 Å². The number of benzene rings is 2. The first-order valence-electron chi connectivity index (χ1n) is 10.7. The zero-order valence-corrected chi connectivity index (χ0v) is 19.3. The van der Waals surface area contributed by atoms with Gasteiger partial charge in [0.1, 0.15) is 0 Å². The lowest BCUT2D eigenvalue weighted by Gasteiger charge is -2.35. The van der Waals surface area contributed by atoms with Gasteiger partial charge in [-0.15, -0.1) is 0 Å². The summed E-state index contributed by atoms with van der Waals surface area (Å²) in [7, 11) is -3.66. The van der Waals surface area contributed by atoms with Crippen LogP contribution in [-0.2, 0) is 18.3 Å². The molecule has 1 aliphatic rings. The van der Waals surface area contributed by atoms with Gasteiger partial charge in [0.15, 0.2) is 0 Å². The van der Waals surface area contributed by atoms with Crippen molar-refractivity contribution in [1.82, 2.24) is 4.98 Å². The molecule has 1 aliphatic heterocycles. The van der Waals surface area contributed by atoms with Crippen LogP contribution in [0.15, 0.2) is 46.9 Å². The number of rotatable bonds is 7. The predicted molar refractivity (Wildman–Crippen MR) is 122 cm³/mol. The van der Waals surface area contributed by atoms with Crippen molar-refractivity contribution in [3.8, 4) is 11.5 Å². The zero-order chi connectivity index (χ0) is 22.0. The van der Waals surface area contributed by atoms with Gasteiger partial charge in [0.2, 0.25) is 17.2 Å². The van der Waals surface area contributed by atoms with Crippen molar-refractivity contribution in [2.45, 2.75) is 39.9 Å². The highest BCUT2D eigenvalue weighted by Gasteiger charge is 2.39. The van der Waals surface area contributed by atoms with Crippen molar-refractivity contribution >= 4 is 29.7 Å². The molecular weight excluding hydrogens is 415 g/mol. The maximum absolute atomic E-state index is 13.7. The molecule has 2 atom stereocenters. The third kappa shape index (κ3) is 4.41. The lowest BCUT2D eigenvalue weighted by Crippen LogP contribution is -2.46. The van der Waals surface area contributed by atoms with Gasteiger partial charge in [0.25, 0.3) is 0 Å². The monoisotopic (exact) mass is 444 g/mol. The van der Waals surface area contributed by atoms with Gasteiger partial charge in [0.05, 0.1) is 25.4 Å². The van der Waals surface area contributed by atoms with E-state index in [0.717, 1.165) is 16.3 Å². The SMILES string of the molecule is CCOP(=O)(OCC)c1nc(-c2cccc3ccccc23)oc1N1C[C@@H](C)O[C@H](C)C1. The van der Waals surface area contributed by atoms with Crippen LogP contribution >= 0.6 is 7.60 Å². The molecule has 0 radical (unpaired) electrons. The summed E-state index contributed by atoms with van der Waals surface area (Å²) in [6, 6.07) is 14.0. The Morgan fingerprint density at radius 2 is 1.68 bits per heavy atom. The zero-order valence-electron chi connectivity index (χ0n) is 18.4.